The fourth-order valence-electron chi connectivity index (χ4n) is 7.67. The Morgan fingerprint density at radius 1 is 1.15 bits per heavy atom. The van der Waals surface area contributed by atoms with Gasteiger partial charge in [0.05, 0.1) is 23.9 Å². The van der Waals surface area contributed by atoms with Crippen molar-refractivity contribution in [2.45, 2.75) is 154 Å². The number of hydrogen-bond acceptors (Lipinski definition) is 12. The van der Waals surface area contributed by atoms with Crippen LogP contribution in [0.4, 0.5) is 4.79 Å². The maximum atomic E-state index is 14.1. The Morgan fingerprint density at radius 3 is 2.43 bits per heavy atom. The predicted octanol–water partition coefficient (Wildman–Crippen LogP) is 2.73. The molecular formula is C34H59N3O10. The van der Waals surface area contributed by atoms with Gasteiger partial charge in [0.1, 0.15) is 24.4 Å². The molecule has 3 rings (SSSR count). The molecule has 0 aromatic rings. The average molecular weight is 670 g/mol. The Bertz CT molecular complexity index is 1090. The zero-order valence-electron chi connectivity index (χ0n) is 29.7. The first-order valence-corrected chi connectivity index (χ1v) is 17.3. The molecule has 3 heterocycles. The number of unbranched alkanes of at least 4 members (excludes halogenated alkanes) is 1. The van der Waals surface area contributed by atoms with E-state index in [1.165, 1.54) is 14.0 Å². The number of nitrogens with one attached hydrogen (secondary N) is 1. The molecule has 3 aliphatic heterocycles. The topological polar surface area (TPSA) is 176 Å². The van der Waals surface area contributed by atoms with Gasteiger partial charge in [-0.05, 0) is 65.8 Å². The van der Waals surface area contributed by atoms with Crippen LogP contribution in [0.2, 0.25) is 0 Å². The summed E-state index contributed by atoms with van der Waals surface area (Å²) in [4.78, 5) is 54.9. The van der Waals surface area contributed by atoms with Gasteiger partial charge in [-0.25, -0.2) is 4.79 Å². The van der Waals surface area contributed by atoms with Crippen molar-refractivity contribution in [1.82, 2.24) is 10.2 Å². The first-order chi connectivity index (χ1) is 22.1. The molecule has 3 saturated heterocycles. The molecule has 0 bridgehead atoms. The highest BCUT2D eigenvalue weighted by Gasteiger charge is 2.59. The fraction of sp³-hybridized carbons (Fsp3) is 0.882. The van der Waals surface area contributed by atoms with E-state index in [4.69, 9.17) is 29.4 Å². The van der Waals surface area contributed by atoms with Gasteiger partial charge < -0.3 is 44.6 Å². The van der Waals surface area contributed by atoms with Crippen LogP contribution < -0.4 is 11.1 Å². The monoisotopic (exact) mass is 669 g/mol. The minimum atomic E-state index is -1.30. The van der Waals surface area contributed by atoms with E-state index in [-0.39, 0.29) is 18.4 Å². The van der Waals surface area contributed by atoms with E-state index in [1.54, 1.807) is 18.7 Å². The minimum absolute atomic E-state index is 0.0864. The van der Waals surface area contributed by atoms with Gasteiger partial charge in [-0.2, -0.15) is 0 Å². The lowest BCUT2D eigenvalue weighted by Gasteiger charge is -2.45. The van der Waals surface area contributed by atoms with Crippen molar-refractivity contribution in [2.75, 3.05) is 20.2 Å². The number of esters is 1. The summed E-state index contributed by atoms with van der Waals surface area (Å²) in [7, 11) is 1.53. The summed E-state index contributed by atoms with van der Waals surface area (Å²) >= 11 is 0. The zero-order valence-corrected chi connectivity index (χ0v) is 29.7. The zero-order chi connectivity index (χ0) is 35.3. The Hall–Kier alpha value is -2.16. The van der Waals surface area contributed by atoms with Crippen molar-refractivity contribution in [3.8, 4) is 0 Å². The number of ketones is 1. The minimum Gasteiger partial charge on any atom is -0.458 e. The van der Waals surface area contributed by atoms with Crippen molar-refractivity contribution >= 4 is 24.1 Å². The molecule has 0 aliphatic carbocycles. The number of carbonyl (C=O) groups is 4. The van der Waals surface area contributed by atoms with Crippen LogP contribution in [-0.4, -0.2) is 114 Å². The summed E-state index contributed by atoms with van der Waals surface area (Å²) in [6.45, 7) is 15.3. The van der Waals surface area contributed by atoms with E-state index < -0.39 is 83.6 Å². The summed E-state index contributed by atoms with van der Waals surface area (Å²) in [6, 6.07) is -1.74. The second kappa shape index (κ2) is 16.5. The van der Waals surface area contributed by atoms with Crippen LogP contribution in [0.15, 0.2) is 0 Å². The molecule has 270 valence electrons. The van der Waals surface area contributed by atoms with Crippen LogP contribution in [0.5, 0.6) is 0 Å². The number of rotatable bonds is 9. The van der Waals surface area contributed by atoms with E-state index >= 15 is 0 Å². The third-order valence-electron chi connectivity index (χ3n) is 10.4. The van der Waals surface area contributed by atoms with Gasteiger partial charge in [0.25, 0.3) is 0 Å². The molecule has 3 fully saturated rings. The lowest BCUT2D eigenvalue weighted by molar-refractivity contribution is -0.288. The third kappa shape index (κ3) is 8.53. The molecule has 3 aliphatic rings. The number of carbonyl (C=O) groups excluding carboxylic acids is 4. The molecule has 47 heavy (non-hydrogen) atoms. The number of methoxy groups -OCH3 is 1. The van der Waals surface area contributed by atoms with Gasteiger partial charge in [-0.1, -0.05) is 34.1 Å². The molecule has 13 nitrogen and oxygen atoms in total. The number of hydrogen-bond donors (Lipinski definition) is 3. The highest BCUT2D eigenvalue weighted by Crippen LogP contribution is 2.40. The highest BCUT2D eigenvalue weighted by molar-refractivity contribution is 6.00. The van der Waals surface area contributed by atoms with Gasteiger partial charge in [0, 0.05) is 38.1 Å². The van der Waals surface area contributed by atoms with Gasteiger partial charge >= 0.3 is 12.1 Å². The third-order valence-corrected chi connectivity index (χ3v) is 10.4. The van der Waals surface area contributed by atoms with Crippen LogP contribution in [0, 0.1) is 17.8 Å². The largest absolute Gasteiger partial charge is 0.458 e. The molecule has 0 aromatic carbocycles. The quantitative estimate of drug-likeness (QED) is 0.186. The number of aliphatic hydroxyl groups excluding tert-OH is 1. The normalized spacial score (nSPS) is 42.6. The number of nitrogens with zero attached hydrogens (tertiary/aromatic N) is 1. The van der Waals surface area contributed by atoms with Crippen LogP contribution in [0.3, 0.4) is 0 Å². The van der Waals surface area contributed by atoms with Gasteiger partial charge in [0.2, 0.25) is 0 Å². The number of aliphatic hydroxyl groups is 1. The van der Waals surface area contributed by atoms with Crippen LogP contribution in [0.25, 0.3) is 0 Å². The van der Waals surface area contributed by atoms with E-state index in [1.807, 2.05) is 34.6 Å². The second-order valence-corrected chi connectivity index (χ2v) is 14.3. The molecule has 13 heteroatoms. The number of nitrogens with two attached hydrogens (primary N) is 1. The fourth-order valence-corrected chi connectivity index (χ4v) is 7.67. The molecule has 0 aromatic heterocycles. The van der Waals surface area contributed by atoms with E-state index in [0.29, 0.717) is 32.4 Å². The van der Waals surface area contributed by atoms with Crippen LogP contribution in [0.1, 0.15) is 93.9 Å². The van der Waals surface area contributed by atoms with Gasteiger partial charge in [-0.3, -0.25) is 14.5 Å². The van der Waals surface area contributed by atoms with E-state index in [2.05, 4.69) is 5.32 Å². The van der Waals surface area contributed by atoms with Gasteiger partial charge in [0.15, 0.2) is 17.7 Å². The number of aldehydes is 1. The van der Waals surface area contributed by atoms with Crippen molar-refractivity contribution < 1.29 is 48.0 Å². The molecule has 1 amide bonds. The second-order valence-electron chi connectivity index (χ2n) is 14.3. The van der Waals surface area contributed by atoms with Crippen molar-refractivity contribution in [3.63, 3.8) is 0 Å². The molecule has 13 atom stereocenters. The highest BCUT2D eigenvalue weighted by atomic mass is 16.7. The first kappa shape index (κ1) is 39.3. The predicted molar refractivity (Wildman–Crippen MR) is 173 cm³/mol. The standard InChI is InChI=1S/C34H59N3O10/c1-10-12-14-37-28-24(13-15-38)36-18-19(3)17-33(7,43-9)29(46-31-27(40)23(35)16-20(4)44-31)21(5)26(39)22(6)30(41)45-25(11-2)34(28,8)47-32(37)42/h15,19-25,27-29,31,36,40H,10-14,16-18,35H2,1-9H3/t19-,20?,21+,22-,23?,24-,25-,27?,28-,29-,31+,33-,34-/m1/s1. The number of fused-ring (bicyclic) bond motifs is 1. The smallest absolute Gasteiger partial charge is 0.410 e. The molecule has 0 saturated carbocycles. The maximum Gasteiger partial charge on any atom is 0.410 e. The number of ether oxygens (including phenoxy) is 5. The Morgan fingerprint density at radius 2 is 1.83 bits per heavy atom. The number of Topliss-reactive ketones (excluding diaryl/α,β-unsaturated/α-hetero) is 1. The Kier molecular flexibility index (Phi) is 13.8. The molecule has 0 spiro atoms. The Balaban J connectivity index is 2.10. The van der Waals surface area contributed by atoms with E-state index in [9.17, 15) is 24.3 Å². The lowest BCUT2D eigenvalue weighted by Crippen LogP contribution is -2.61. The molecular weight excluding hydrogens is 610 g/mol. The van der Waals surface area contributed by atoms with E-state index in [0.717, 1.165) is 19.1 Å². The number of cyclic esters (lactones) is 1. The Labute approximate surface area is 279 Å². The molecule has 3 unspecified atom stereocenters. The molecule has 0 radical (unpaired) electrons. The van der Waals surface area contributed by atoms with Crippen LogP contribution in [-0.2, 0) is 38.1 Å². The summed E-state index contributed by atoms with van der Waals surface area (Å²) < 4.78 is 30.6. The summed E-state index contributed by atoms with van der Waals surface area (Å²) in [6.07, 6.45) is -1.31. The van der Waals surface area contributed by atoms with Gasteiger partial charge in [-0.15, -0.1) is 0 Å². The number of amides is 1. The molecule has 4 N–H and O–H groups in total. The average Bonchev–Trinajstić information content (AvgIpc) is 3.28. The van der Waals surface area contributed by atoms with Crippen LogP contribution >= 0.6 is 0 Å². The summed E-state index contributed by atoms with van der Waals surface area (Å²) in [5.74, 6) is -3.38. The summed E-state index contributed by atoms with van der Waals surface area (Å²) in [5, 5.41) is 14.4. The lowest BCUT2D eigenvalue weighted by atomic mass is 9.78. The summed E-state index contributed by atoms with van der Waals surface area (Å²) in [5.41, 5.74) is 3.81. The maximum absolute atomic E-state index is 14.1. The van der Waals surface area contributed by atoms with Crippen molar-refractivity contribution in [3.05, 3.63) is 0 Å². The van der Waals surface area contributed by atoms with Crippen molar-refractivity contribution in [2.24, 2.45) is 23.5 Å². The van der Waals surface area contributed by atoms with Crippen molar-refractivity contribution in [1.29, 1.82) is 0 Å². The first-order valence-electron chi connectivity index (χ1n) is 17.3. The SMILES string of the molecule is CCCCN1C(=O)O[C@]2(C)[C@@H](CC)OC(=O)[C@H](C)C(=O)[C@H](C)[C@@H](O[C@@H]3OC(C)CC(N)C3O)[C@](C)(OC)C[C@@H](C)CN[C@H](CC=O)[C@@H]12.